The summed E-state index contributed by atoms with van der Waals surface area (Å²) >= 11 is 1.71. The number of nitrogens with one attached hydrogen (secondary N) is 1. The monoisotopic (exact) mass is 241 g/mol. The number of thiazole rings is 1. The van der Waals surface area contributed by atoms with Crippen LogP contribution in [-0.2, 0) is 11.3 Å². The number of hydrogen-bond acceptors (Lipinski definition) is 5. The van der Waals surface area contributed by atoms with Crippen molar-refractivity contribution in [1.29, 1.82) is 0 Å². The van der Waals surface area contributed by atoms with Crippen LogP contribution in [0.1, 0.15) is 11.4 Å². The fraction of sp³-hybridized carbons (Fsp3) is 0.727. The van der Waals surface area contributed by atoms with E-state index in [4.69, 9.17) is 4.74 Å². The van der Waals surface area contributed by atoms with Gasteiger partial charge >= 0.3 is 0 Å². The Bertz CT molecular complexity index is 273. The molecule has 0 amide bonds. The standard InChI is InChI=1S/C11H19N3OS/c1(4-14-5-7-15-8-6-14)2-12-10-11-13-3-9-16-11/h3,9,12H,1-2,4-8,10H2. The van der Waals surface area contributed by atoms with Crippen molar-refractivity contribution in [2.24, 2.45) is 0 Å². The van der Waals surface area contributed by atoms with E-state index in [9.17, 15) is 0 Å². The number of hydrogen-bond donors (Lipinski definition) is 1. The third-order valence-corrected chi connectivity index (χ3v) is 3.47. The molecule has 1 aromatic rings. The lowest BCUT2D eigenvalue weighted by Gasteiger charge is -2.26. The zero-order valence-electron chi connectivity index (χ0n) is 9.52. The molecule has 1 aliphatic heterocycles. The Labute approximate surface area is 101 Å². The molecule has 0 bridgehead atoms. The van der Waals surface area contributed by atoms with Crippen LogP contribution in [0.4, 0.5) is 0 Å². The first-order valence-electron chi connectivity index (χ1n) is 5.84. The zero-order valence-corrected chi connectivity index (χ0v) is 10.3. The van der Waals surface area contributed by atoms with Crippen LogP contribution < -0.4 is 5.32 Å². The first kappa shape index (κ1) is 12.0. The summed E-state index contributed by atoms with van der Waals surface area (Å²) in [4.78, 5) is 6.70. The van der Waals surface area contributed by atoms with Crippen molar-refractivity contribution in [3.05, 3.63) is 16.6 Å². The summed E-state index contributed by atoms with van der Waals surface area (Å²) in [5, 5.41) is 6.61. The lowest BCUT2D eigenvalue weighted by Crippen LogP contribution is -2.37. The highest BCUT2D eigenvalue weighted by molar-refractivity contribution is 7.09. The molecule has 1 aromatic heterocycles. The van der Waals surface area contributed by atoms with Crippen LogP contribution in [0.5, 0.6) is 0 Å². The van der Waals surface area contributed by atoms with Crippen LogP contribution >= 0.6 is 11.3 Å². The fourth-order valence-corrected chi connectivity index (χ4v) is 2.37. The van der Waals surface area contributed by atoms with Crippen LogP contribution in [0.15, 0.2) is 11.6 Å². The Balaban J connectivity index is 1.48. The highest BCUT2D eigenvalue weighted by atomic mass is 32.1. The molecular formula is C11H19N3OS. The molecule has 1 fully saturated rings. The molecule has 90 valence electrons. The molecule has 5 heteroatoms. The van der Waals surface area contributed by atoms with Crippen molar-refractivity contribution in [2.75, 3.05) is 39.4 Å². The van der Waals surface area contributed by atoms with Crippen LogP contribution in [0, 0.1) is 0 Å². The molecule has 2 heterocycles. The molecule has 16 heavy (non-hydrogen) atoms. The van der Waals surface area contributed by atoms with Crippen molar-refractivity contribution in [3.63, 3.8) is 0 Å². The average molecular weight is 241 g/mol. The van der Waals surface area contributed by atoms with Gasteiger partial charge in [0.25, 0.3) is 0 Å². The Hall–Kier alpha value is -0.490. The van der Waals surface area contributed by atoms with Gasteiger partial charge in [-0.1, -0.05) is 0 Å². The van der Waals surface area contributed by atoms with Gasteiger partial charge in [0.05, 0.1) is 13.2 Å². The van der Waals surface area contributed by atoms with E-state index in [0.717, 1.165) is 39.4 Å². The lowest BCUT2D eigenvalue weighted by atomic mass is 10.3. The smallest absolute Gasteiger partial charge is 0.106 e. The zero-order chi connectivity index (χ0) is 11.1. The quantitative estimate of drug-likeness (QED) is 0.753. The maximum Gasteiger partial charge on any atom is 0.106 e. The first-order chi connectivity index (χ1) is 7.95. The molecule has 0 spiro atoms. The number of nitrogens with zero attached hydrogens (tertiary/aromatic N) is 2. The van der Waals surface area contributed by atoms with Gasteiger partial charge in [-0.15, -0.1) is 11.3 Å². The number of morpholine rings is 1. The second-order valence-corrected chi connectivity index (χ2v) is 4.89. The minimum absolute atomic E-state index is 0.895. The van der Waals surface area contributed by atoms with E-state index in [1.165, 1.54) is 18.0 Å². The SMILES string of the molecule is c1csc(CNCCCN2CCOCC2)n1. The molecule has 2 rings (SSSR count). The maximum atomic E-state index is 5.31. The van der Waals surface area contributed by atoms with Gasteiger partial charge in [0.2, 0.25) is 0 Å². The lowest BCUT2D eigenvalue weighted by molar-refractivity contribution is 0.0374. The molecule has 0 aromatic carbocycles. The van der Waals surface area contributed by atoms with E-state index < -0.39 is 0 Å². The third-order valence-electron chi connectivity index (χ3n) is 2.69. The second-order valence-electron chi connectivity index (χ2n) is 3.91. The second kappa shape index (κ2) is 6.96. The van der Waals surface area contributed by atoms with E-state index in [1.54, 1.807) is 11.3 Å². The minimum atomic E-state index is 0.895. The Morgan fingerprint density at radius 1 is 1.44 bits per heavy atom. The molecule has 0 aliphatic carbocycles. The number of aromatic nitrogens is 1. The highest BCUT2D eigenvalue weighted by Crippen LogP contribution is 2.02. The molecule has 0 radical (unpaired) electrons. The van der Waals surface area contributed by atoms with E-state index in [2.05, 4.69) is 15.2 Å². The van der Waals surface area contributed by atoms with Crippen LogP contribution in [0.2, 0.25) is 0 Å². The molecular weight excluding hydrogens is 222 g/mol. The van der Waals surface area contributed by atoms with Gasteiger partial charge in [-0.2, -0.15) is 0 Å². The predicted octanol–water partition coefficient (Wildman–Crippen LogP) is 0.955. The molecule has 1 saturated heterocycles. The predicted molar refractivity (Wildman–Crippen MR) is 65.7 cm³/mol. The summed E-state index contributed by atoms with van der Waals surface area (Å²) in [6.07, 6.45) is 3.06. The van der Waals surface area contributed by atoms with Gasteiger partial charge in [0.15, 0.2) is 0 Å². The maximum absolute atomic E-state index is 5.31. The van der Waals surface area contributed by atoms with Crippen LogP contribution in [0.25, 0.3) is 0 Å². The van der Waals surface area contributed by atoms with Gasteiger partial charge in [0, 0.05) is 31.2 Å². The summed E-state index contributed by atoms with van der Waals surface area (Å²) in [5.41, 5.74) is 0. The van der Waals surface area contributed by atoms with E-state index >= 15 is 0 Å². The van der Waals surface area contributed by atoms with Crippen molar-refractivity contribution < 1.29 is 4.74 Å². The molecule has 1 aliphatic rings. The van der Waals surface area contributed by atoms with Gasteiger partial charge in [0.1, 0.15) is 5.01 Å². The van der Waals surface area contributed by atoms with Gasteiger partial charge in [-0.05, 0) is 19.5 Å². The largest absolute Gasteiger partial charge is 0.379 e. The average Bonchev–Trinajstić information content (AvgIpc) is 2.83. The van der Waals surface area contributed by atoms with Crippen LogP contribution in [-0.4, -0.2) is 49.3 Å². The van der Waals surface area contributed by atoms with Crippen molar-refractivity contribution in [2.45, 2.75) is 13.0 Å². The van der Waals surface area contributed by atoms with Gasteiger partial charge < -0.3 is 10.1 Å². The summed E-state index contributed by atoms with van der Waals surface area (Å²) in [6, 6.07) is 0. The van der Waals surface area contributed by atoms with E-state index in [0.29, 0.717) is 0 Å². The number of ether oxygens (including phenoxy) is 1. The van der Waals surface area contributed by atoms with Crippen LogP contribution in [0.3, 0.4) is 0 Å². The molecule has 1 N–H and O–H groups in total. The van der Waals surface area contributed by atoms with Gasteiger partial charge in [-0.25, -0.2) is 4.98 Å². The summed E-state index contributed by atoms with van der Waals surface area (Å²) in [5.74, 6) is 0. The van der Waals surface area contributed by atoms with Crippen molar-refractivity contribution in [3.8, 4) is 0 Å². The van der Waals surface area contributed by atoms with E-state index in [1.807, 2.05) is 11.6 Å². The molecule has 0 saturated carbocycles. The topological polar surface area (TPSA) is 37.4 Å². The Kier molecular flexibility index (Phi) is 5.21. The Morgan fingerprint density at radius 3 is 3.06 bits per heavy atom. The van der Waals surface area contributed by atoms with Crippen molar-refractivity contribution in [1.82, 2.24) is 15.2 Å². The van der Waals surface area contributed by atoms with Gasteiger partial charge in [-0.3, -0.25) is 4.90 Å². The third kappa shape index (κ3) is 4.17. The molecule has 4 nitrogen and oxygen atoms in total. The summed E-state index contributed by atoms with van der Waals surface area (Å²) in [6.45, 7) is 7.12. The number of rotatable bonds is 6. The Morgan fingerprint density at radius 2 is 2.31 bits per heavy atom. The molecule has 0 unspecified atom stereocenters. The van der Waals surface area contributed by atoms with Crippen molar-refractivity contribution >= 4 is 11.3 Å². The summed E-state index contributed by atoms with van der Waals surface area (Å²) < 4.78 is 5.31. The summed E-state index contributed by atoms with van der Waals surface area (Å²) in [7, 11) is 0. The molecule has 0 atom stereocenters. The van der Waals surface area contributed by atoms with E-state index in [-0.39, 0.29) is 0 Å². The fourth-order valence-electron chi connectivity index (χ4n) is 1.79. The highest BCUT2D eigenvalue weighted by Gasteiger charge is 2.08. The minimum Gasteiger partial charge on any atom is -0.379 e. The first-order valence-corrected chi connectivity index (χ1v) is 6.72. The normalized spacial score (nSPS) is 17.8.